The summed E-state index contributed by atoms with van der Waals surface area (Å²) in [5.74, 6) is -0.0550. The summed E-state index contributed by atoms with van der Waals surface area (Å²) in [6.45, 7) is 6.51. The number of halogens is 1. The molecule has 0 aromatic heterocycles. The van der Waals surface area contributed by atoms with E-state index in [2.05, 4.69) is 11.4 Å². The zero-order valence-electron chi connectivity index (χ0n) is 16.8. The molecular formula is C23H29FN2O2. The predicted octanol–water partition coefficient (Wildman–Crippen LogP) is 5.38. The van der Waals surface area contributed by atoms with E-state index in [1.807, 2.05) is 31.2 Å². The van der Waals surface area contributed by atoms with Crippen LogP contribution in [0.1, 0.15) is 45.1 Å². The number of rotatable bonds is 5. The molecule has 150 valence electrons. The van der Waals surface area contributed by atoms with Gasteiger partial charge in [0.2, 0.25) is 0 Å². The summed E-state index contributed by atoms with van der Waals surface area (Å²) in [4.78, 5) is 13.8. The maximum Gasteiger partial charge on any atom is 0.414 e. The second kappa shape index (κ2) is 9.69. The number of nitrogens with one attached hydrogen (secondary N) is 1. The Morgan fingerprint density at radius 1 is 1.14 bits per heavy atom. The summed E-state index contributed by atoms with van der Waals surface area (Å²) in [7, 11) is 0. The Bertz CT molecular complexity index is 785. The first-order chi connectivity index (χ1) is 13.6. The number of carbonyl (C=O) groups is 1. The van der Waals surface area contributed by atoms with Gasteiger partial charge in [0.05, 0.1) is 6.61 Å². The van der Waals surface area contributed by atoms with E-state index in [1.54, 1.807) is 17.9 Å². The van der Waals surface area contributed by atoms with Crippen molar-refractivity contribution in [1.82, 2.24) is 5.32 Å². The molecule has 1 heterocycles. The highest BCUT2D eigenvalue weighted by atomic mass is 19.1. The Kier molecular flexibility index (Phi) is 7.04. The molecule has 3 rings (SSSR count). The Morgan fingerprint density at radius 3 is 2.46 bits per heavy atom. The number of anilines is 1. The molecule has 1 aliphatic heterocycles. The van der Waals surface area contributed by atoms with Crippen LogP contribution in [0.15, 0.2) is 53.4 Å². The summed E-state index contributed by atoms with van der Waals surface area (Å²) in [6.07, 6.45) is 6.63. The molecule has 1 aromatic carbocycles. The van der Waals surface area contributed by atoms with Gasteiger partial charge >= 0.3 is 6.09 Å². The van der Waals surface area contributed by atoms with Crippen LogP contribution in [-0.4, -0.2) is 32.3 Å². The van der Waals surface area contributed by atoms with Gasteiger partial charge in [-0.25, -0.2) is 9.18 Å². The molecular weight excluding hydrogens is 355 g/mol. The van der Waals surface area contributed by atoms with Gasteiger partial charge < -0.3 is 10.1 Å². The quantitative estimate of drug-likeness (QED) is 0.741. The summed E-state index contributed by atoms with van der Waals surface area (Å²) >= 11 is 0. The number of benzene rings is 1. The number of allylic oxidation sites excluding steroid dienone is 5. The van der Waals surface area contributed by atoms with E-state index in [4.69, 9.17) is 4.74 Å². The van der Waals surface area contributed by atoms with E-state index < -0.39 is 0 Å². The zero-order chi connectivity index (χ0) is 19.9. The molecule has 0 saturated carbocycles. The zero-order valence-corrected chi connectivity index (χ0v) is 16.8. The molecule has 1 fully saturated rings. The average molecular weight is 384 g/mol. The van der Waals surface area contributed by atoms with E-state index in [9.17, 15) is 9.18 Å². The van der Waals surface area contributed by atoms with Gasteiger partial charge in [0, 0.05) is 18.7 Å². The van der Waals surface area contributed by atoms with E-state index in [1.165, 1.54) is 5.57 Å². The minimum Gasteiger partial charge on any atom is -0.449 e. The third-order valence-corrected chi connectivity index (χ3v) is 5.18. The van der Waals surface area contributed by atoms with Crippen molar-refractivity contribution in [1.29, 1.82) is 0 Å². The predicted molar refractivity (Wildman–Crippen MR) is 112 cm³/mol. The maximum atomic E-state index is 14.0. The van der Waals surface area contributed by atoms with Crippen molar-refractivity contribution in [2.45, 2.75) is 39.5 Å². The van der Waals surface area contributed by atoms with Gasteiger partial charge in [-0.1, -0.05) is 23.8 Å². The lowest BCUT2D eigenvalue weighted by atomic mass is 9.86. The van der Waals surface area contributed by atoms with Crippen molar-refractivity contribution < 1.29 is 13.9 Å². The molecule has 28 heavy (non-hydrogen) atoms. The van der Waals surface area contributed by atoms with Crippen LogP contribution in [0.25, 0.3) is 5.57 Å². The standard InChI is InChI=1S/C23H29FN2O2/c1-3-26(23(27)28-4-2)21-10-8-17(9-11-21)22(18-12-14-25-15-13-18)19-6-5-7-20(24)16-19/h6,8-11,16,25H,3-5,7,12-15H2,1-2H3. The Hall–Kier alpha value is -2.40. The van der Waals surface area contributed by atoms with Crippen LogP contribution in [0, 0.1) is 0 Å². The first kappa shape index (κ1) is 20.3. The summed E-state index contributed by atoms with van der Waals surface area (Å²) in [5, 5.41) is 3.39. The fourth-order valence-corrected chi connectivity index (χ4v) is 3.82. The normalized spacial score (nSPS) is 16.9. The van der Waals surface area contributed by atoms with Crippen molar-refractivity contribution >= 4 is 17.4 Å². The highest BCUT2D eigenvalue weighted by molar-refractivity contribution is 5.89. The molecule has 1 amide bonds. The maximum absolute atomic E-state index is 14.0. The molecule has 5 heteroatoms. The lowest BCUT2D eigenvalue weighted by Crippen LogP contribution is -2.31. The first-order valence-electron chi connectivity index (χ1n) is 10.2. The fourth-order valence-electron chi connectivity index (χ4n) is 3.82. The molecule has 0 spiro atoms. The van der Waals surface area contributed by atoms with Crippen LogP contribution in [0.2, 0.25) is 0 Å². The van der Waals surface area contributed by atoms with Gasteiger partial charge in [0.25, 0.3) is 0 Å². The van der Waals surface area contributed by atoms with Crippen LogP contribution >= 0.6 is 0 Å². The molecule has 0 atom stereocenters. The van der Waals surface area contributed by atoms with Crippen LogP contribution in [0.3, 0.4) is 0 Å². The largest absolute Gasteiger partial charge is 0.449 e. The van der Waals surface area contributed by atoms with Gasteiger partial charge in [-0.05, 0) is 81.1 Å². The van der Waals surface area contributed by atoms with E-state index in [-0.39, 0.29) is 11.9 Å². The van der Waals surface area contributed by atoms with Crippen molar-refractivity contribution in [3.8, 4) is 0 Å². The average Bonchev–Trinajstić information content (AvgIpc) is 2.71. The fraction of sp³-hybridized carbons (Fsp3) is 0.435. The minimum atomic E-state index is -0.338. The Labute approximate surface area is 166 Å². The molecule has 1 saturated heterocycles. The smallest absolute Gasteiger partial charge is 0.414 e. The molecule has 0 bridgehead atoms. The number of hydrogen-bond donors (Lipinski definition) is 1. The Morgan fingerprint density at radius 2 is 1.86 bits per heavy atom. The van der Waals surface area contributed by atoms with Crippen LogP contribution in [0.5, 0.6) is 0 Å². The minimum absolute atomic E-state index is 0.0550. The van der Waals surface area contributed by atoms with E-state index in [0.29, 0.717) is 19.6 Å². The molecule has 2 aliphatic rings. The molecule has 4 nitrogen and oxygen atoms in total. The number of ether oxygens (including phenoxy) is 1. The van der Waals surface area contributed by atoms with Crippen LogP contribution < -0.4 is 10.2 Å². The number of carbonyl (C=O) groups excluding carboxylic acids is 1. The third kappa shape index (κ3) is 4.71. The summed E-state index contributed by atoms with van der Waals surface area (Å²) < 4.78 is 19.1. The van der Waals surface area contributed by atoms with Crippen LogP contribution in [-0.2, 0) is 4.74 Å². The van der Waals surface area contributed by atoms with Crippen molar-refractivity contribution in [3.63, 3.8) is 0 Å². The van der Waals surface area contributed by atoms with E-state index >= 15 is 0 Å². The number of hydrogen-bond acceptors (Lipinski definition) is 3. The topological polar surface area (TPSA) is 41.6 Å². The third-order valence-electron chi connectivity index (χ3n) is 5.18. The van der Waals surface area contributed by atoms with Crippen molar-refractivity contribution in [2.75, 3.05) is 31.1 Å². The second-order valence-corrected chi connectivity index (χ2v) is 7.01. The van der Waals surface area contributed by atoms with Gasteiger partial charge in [-0.15, -0.1) is 0 Å². The lowest BCUT2D eigenvalue weighted by molar-refractivity contribution is 0.160. The van der Waals surface area contributed by atoms with Gasteiger partial charge in [0.1, 0.15) is 5.83 Å². The number of piperidine rings is 1. The van der Waals surface area contributed by atoms with Crippen LogP contribution in [0.4, 0.5) is 14.9 Å². The molecule has 1 aliphatic carbocycles. The number of nitrogens with zero attached hydrogens (tertiary/aromatic N) is 1. The number of amides is 1. The first-order valence-corrected chi connectivity index (χ1v) is 10.2. The monoisotopic (exact) mass is 384 g/mol. The summed E-state index contributed by atoms with van der Waals surface area (Å²) in [6, 6.07) is 7.95. The SMILES string of the molecule is CCOC(=O)N(CC)c1ccc(C(C2=CCCC(F)=C2)=C2CCNCC2)cc1. The highest BCUT2D eigenvalue weighted by Crippen LogP contribution is 2.36. The van der Waals surface area contributed by atoms with E-state index in [0.717, 1.165) is 54.7 Å². The molecule has 1 aromatic rings. The Balaban J connectivity index is 1.95. The van der Waals surface area contributed by atoms with Crippen molar-refractivity contribution in [2.24, 2.45) is 0 Å². The highest BCUT2D eigenvalue weighted by Gasteiger charge is 2.19. The lowest BCUT2D eigenvalue weighted by Gasteiger charge is -2.24. The summed E-state index contributed by atoms with van der Waals surface area (Å²) in [5.41, 5.74) is 5.35. The van der Waals surface area contributed by atoms with Gasteiger partial charge in [-0.3, -0.25) is 4.90 Å². The molecule has 0 unspecified atom stereocenters. The van der Waals surface area contributed by atoms with Gasteiger partial charge in [-0.2, -0.15) is 0 Å². The second-order valence-electron chi connectivity index (χ2n) is 7.01. The van der Waals surface area contributed by atoms with Gasteiger partial charge in [0.15, 0.2) is 0 Å². The molecule has 0 radical (unpaired) electrons. The van der Waals surface area contributed by atoms with Crippen molar-refractivity contribution in [3.05, 3.63) is 59.0 Å². The molecule has 1 N–H and O–H groups in total.